The monoisotopic (exact) mass is 251 g/mol. The molecule has 5 nitrogen and oxygen atoms in total. The number of ether oxygens (including phenoxy) is 1. The van der Waals surface area contributed by atoms with Crippen molar-refractivity contribution < 1.29 is 9.53 Å². The second kappa shape index (κ2) is 7.68. The number of rotatable bonds is 7. The van der Waals surface area contributed by atoms with Crippen LogP contribution >= 0.6 is 0 Å². The first-order chi connectivity index (χ1) is 8.69. The van der Waals surface area contributed by atoms with E-state index in [0.29, 0.717) is 13.1 Å². The maximum absolute atomic E-state index is 11.8. The van der Waals surface area contributed by atoms with Crippen molar-refractivity contribution >= 4 is 11.6 Å². The second-order valence-electron chi connectivity index (χ2n) is 3.94. The third kappa shape index (κ3) is 4.73. The van der Waals surface area contributed by atoms with Crippen LogP contribution < -0.4 is 15.8 Å². The normalized spacial score (nSPS) is 10.4. The van der Waals surface area contributed by atoms with Crippen LogP contribution in [0, 0.1) is 0 Å². The van der Waals surface area contributed by atoms with Crippen molar-refractivity contribution in [1.29, 1.82) is 0 Å². The van der Waals surface area contributed by atoms with Gasteiger partial charge < -0.3 is 15.8 Å². The summed E-state index contributed by atoms with van der Waals surface area (Å²) >= 11 is 0. The summed E-state index contributed by atoms with van der Waals surface area (Å²) in [5.74, 6) is 0.681. The predicted octanol–water partition coefficient (Wildman–Crippen LogP) is 0.914. The first-order valence-electron chi connectivity index (χ1n) is 6.06. The van der Waals surface area contributed by atoms with Crippen molar-refractivity contribution in [2.75, 3.05) is 38.6 Å². The number of methoxy groups -OCH3 is 1. The van der Waals surface area contributed by atoms with E-state index >= 15 is 0 Å². The average molecular weight is 251 g/mol. The maximum atomic E-state index is 11.8. The summed E-state index contributed by atoms with van der Waals surface area (Å²) in [6, 6.07) is 7.30. The van der Waals surface area contributed by atoms with Gasteiger partial charge in [-0.25, -0.2) is 0 Å². The predicted molar refractivity (Wildman–Crippen MR) is 72.8 cm³/mol. The fourth-order valence-corrected chi connectivity index (χ4v) is 1.64. The van der Waals surface area contributed by atoms with Gasteiger partial charge >= 0.3 is 0 Å². The molecule has 18 heavy (non-hydrogen) atoms. The zero-order valence-corrected chi connectivity index (χ0v) is 11.0. The first kappa shape index (κ1) is 14.5. The zero-order valence-electron chi connectivity index (χ0n) is 11.0. The van der Waals surface area contributed by atoms with Gasteiger partial charge in [0.25, 0.3) is 0 Å². The van der Waals surface area contributed by atoms with Crippen LogP contribution in [-0.2, 0) is 4.79 Å². The Hall–Kier alpha value is -1.59. The van der Waals surface area contributed by atoms with Crippen LogP contribution in [0.2, 0.25) is 0 Å². The molecule has 0 aliphatic rings. The third-order valence-electron chi connectivity index (χ3n) is 2.61. The molecule has 0 saturated heterocycles. The van der Waals surface area contributed by atoms with Gasteiger partial charge in [-0.15, -0.1) is 0 Å². The number of nitrogens with one attached hydrogen (secondary N) is 1. The number of carbonyl (C=O) groups excluding carboxylic acids is 1. The van der Waals surface area contributed by atoms with Gasteiger partial charge in [0.05, 0.1) is 13.7 Å². The van der Waals surface area contributed by atoms with E-state index in [1.165, 1.54) is 0 Å². The average Bonchev–Trinajstić information content (AvgIpc) is 2.38. The molecule has 1 aromatic carbocycles. The summed E-state index contributed by atoms with van der Waals surface area (Å²) in [7, 11) is 1.60. The zero-order chi connectivity index (χ0) is 13.4. The highest BCUT2D eigenvalue weighted by molar-refractivity contribution is 5.92. The van der Waals surface area contributed by atoms with Gasteiger partial charge in [0.1, 0.15) is 5.75 Å². The molecule has 100 valence electrons. The van der Waals surface area contributed by atoms with E-state index in [1.807, 2.05) is 30.0 Å². The van der Waals surface area contributed by atoms with Crippen molar-refractivity contribution in [3.8, 4) is 5.75 Å². The van der Waals surface area contributed by atoms with Crippen molar-refractivity contribution in [1.82, 2.24) is 4.90 Å². The quantitative estimate of drug-likeness (QED) is 0.756. The molecule has 3 N–H and O–H groups in total. The molecule has 0 atom stereocenters. The van der Waals surface area contributed by atoms with Gasteiger partial charge in [-0.05, 0) is 18.7 Å². The molecule has 0 spiro atoms. The molecule has 0 heterocycles. The number of hydrogen-bond acceptors (Lipinski definition) is 4. The van der Waals surface area contributed by atoms with Crippen LogP contribution in [0.5, 0.6) is 5.75 Å². The van der Waals surface area contributed by atoms with Crippen LogP contribution in [0.4, 0.5) is 5.69 Å². The summed E-state index contributed by atoms with van der Waals surface area (Å²) < 4.78 is 5.10. The Labute approximate surface area is 108 Å². The summed E-state index contributed by atoms with van der Waals surface area (Å²) in [5, 5.41) is 2.84. The van der Waals surface area contributed by atoms with Crippen molar-refractivity contribution in [2.45, 2.75) is 6.92 Å². The van der Waals surface area contributed by atoms with E-state index < -0.39 is 0 Å². The van der Waals surface area contributed by atoms with Crippen LogP contribution in [0.25, 0.3) is 0 Å². The summed E-state index contributed by atoms with van der Waals surface area (Å²) in [6.45, 7) is 4.45. The lowest BCUT2D eigenvalue weighted by Crippen LogP contribution is -2.36. The van der Waals surface area contributed by atoms with Crippen molar-refractivity contribution in [3.05, 3.63) is 24.3 Å². The summed E-state index contributed by atoms with van der Waals surface area (Å²) in [6.07, 6.45) is 0. The fraction of sp³-hybridized carbons (Fsp3) is 0.462. The van der Waals surface area contributed by atoms with E-state index in [2.05, 4.69) is 5.32 Å². The van der Waals surface area contributed by atoms with E-state index in [9.17, 15) is 4.79 Å². The molecule has 0 radical (unpaired) electrons. The number of nitrogens with zero attached hydrogens (tertiary/aromatic N) is 1. The minimum Gasteiger partial charge on any atom is -0.497 e. The number of likely N-dealkylation sites (N-methyl/N-ethyl adjacent to an activating group) is 1. The Balaban J connectivity index is 2.52. The number of nitrogens with two attached hydrogens (primary N) is 1. The topological polar surface area (TPSA) is 67.6 Å². The highest BCUT2D eigenvalue weighted by Crippen LogP contribution is 2.16. The SMILES string of the molecule is CCN(CCN)CC(=O)Nc1cccc(OC)c1. The molecule has 0 aliphatic carbocycles. The smallest absolute Gasteiger partial charge is 0.238 e. The van der Waals surface area contributed by atoms with Gasteiger partial charge in [-0.2, -0.15) is 0 Å². The largest absolute Gasteiger partial charge is 0.497 e. The molecule has 1 rings (SSSR count). The van der Waals surface area contributed by atoms with Crippen molar-refractivity contribution in [3.63, 3.8) is 0 Å². The Bertz CT molecular complexity index is 382. The van der Waals surface area contributed by atoms with Gasteiger partial charge in [0.15, 0.2) is 0 Å². The number of carbonyl (C=O) groups is 1. The van der Waals surface area contributed by atoms with E-state index in [0.717, 1.165) is 24.5 Å². The van der Waals surface area contributed by atoms with Gasteiger partial charge in [-0.1, -0.05) is 13.0 Å². The Morgan fingerprint density at radius 2 is 2.28 bits per heavy atom. The lowest BCUT2D eigenvalue weighted by Gasteiger charge is -2.18. The molecule has 0 aromatic heterocycles. The Morgan fingerprint density at radius 1 is 1.50 bits per heavy atom. The van der Waals surface area contributed by atoms with Crippen LogP contribution in [0.3, 0.4) is 0 Å². The molecule has 1 amide bonds. The van der Waals surface area contributed by atoms with Gasteiger partial charge in [0.2, 0.25) is 5.91 Å². The molecular weight excluding hydrogens is 230 g/mol. The Morgan fingerprint density at radius 3 is 2.89 bits per heavy atom. The molecule has 0 bridgehead atoms. The maximum Gasteiger partial charge on any atom is 0.238 e. The highest BCUT2D eigenvalue weighted by atomic mass is 16.5. The third-order valence-corrected chi connectivity index (χ3v) is 2.61. The van der Waals surface area contributed by atoms with Crippen LogP contribution in [0.15, 0.2) is 24.3 Å². The lowest BCUT2D eigenvalue weighted by atomic mass is 10.3. The summed E-state index contributed by atoms with van der Waals surface area (Å²) in [4.78, 5) is 13.8. The molecule has 0 saturated carbocycles. The molecular formula is C13H21N3O2. The van der Waals surface area contributed by atoms with Gasteiger partial charge in [-0.3, -0.25) is 9.69 Å². The van der Waals surface area contributed by atoms with E-state index in [-0.39, 0.29) is 5.91 Å². The highest BCUT2D eigenvalue weighted by Gasteiger charge is 2.08. The molecule has 5 heteroatoms. The first-order valence-corrected chi connectivity index (χ1v) is 6.06. The molecule has 1 aromatic rings. The van der Waals surface area contributed by atoms with E-state index in [4.69, 9.17) is 10.5 Å². The van der Waals surface area contributed by atoms with Gasteiger partial charge in [0, 0.05) is 24.8 Å². The summed E-state index contributed by atoms with van der Waals surface area (Å²) in [5.41, 5.74) is 6.22. The second-order valence-corrected chi connectivity index (χ2v) is 3.94. The molecule has 0 fully saturated rings. The number of anilines is 1. The standard InChI is InChI=1S/C13H21N3O2/c1-3-16(8-7-14)10-13(17)15-11-5-4-6-12(9-11)18-2/h4-6,9H,3,7-8,10,14H2,1-2H3,(H,15,17). The number of hydrogen-bond donors (Lipinski definition) is 2. The minimum absolute atomic E-state index is 0.0430. The number of benzene rings is 1. The lowest BCUT2D eigenvalue weighted by molar-refractivity contribution is -0.117. The molecule has 0 unspecified atom stereocenters. The van der Waals surface area contributed by atoms with Crippen LogP contribution in [0.1, 0.15) is 6.92 Å². The Kier molecular flexibility index (Phi) is 6.18. The van der Waals surface area contributed by atoms with Crippen molar-refractivity contribution in [2.24, 2.45) is 5.73 Å². The minimum atomic E-state index is -0.0430. The molecule has 0 aliphatic heterocycles. The fourth-order valence-electron chi connectivity index (χ4n) is 1.64. The van der Waals surface area contributed by atoms with Crippen LogP contribution in [-0.4, -0.2) is 44.1 Å². The van der Waals surface area contributed by atoms with E-state index in [1.54, 1.807) is 13.2 Å². The number of amides is 1.